The highest BCUT2D eigenvalue weighted by atomic mass is 16.4. The lowest BCUT2D eigenvalue weighted by Crippen LogP contribution is -2.13. The van der Waals surface area contributed by atoms with Gasteiger partial charge in [-0.3, -0.25) is 5.10 Å². The second kappa shape index (κ2) is 2.87. The van der Waals surface area contributed by atoms with E-state index in [0.717, 1.165) is 18.5 Å². The van der Waals surface area contributed by atoms with Gasteiger partial charge in [-0.25, -0.2) is 4.79 Å². The van der Waals surface area contributed by atoms with Crippen molar-refractivity contribution in [3.8, 4) is 0 Å². The highest BCUT2D eigenvalue weighted by Crippen LogP contribution is 2.37. The summed E-state index contributed by atoms with van der Waals surface area (Å²) in [5, 5.41) is 15.7. The molecule has 1 fully saturated rings. The third kappa shape index (κ3) is 1.22. The smallest absolute Gasteiger partial charge is 0.339 e. The number of hydrogen-bond donors (Lipinski definition) is 2. The van der Waals surface area contributed by atoms with E-state index in [2.05, 4.69) is 10.2 Å². The summed E-state index contributed by atoms with van der Waals surface area (Å²) < 4.78 is 0. The van der Waals surface area contributed by atoms with Gasteiger partial charge < -0.3 is 5.11 Å². The van der Waals surface area contributed by atoms with Gasteiger partial charge in [0.1, 0.15) is 5.56 Å². The van der Waals surface area contributed by atoms with E-state index in [1.54, 1.807) is 6.92 Å². The van der Waals surface area contributed by atoms with Crippen LogP contribution in [-0.4, -0.2) is 21.3 Å². The predicted octanol–water partition coefficient (Wildman–Crippen LogP) is 1.68. The van der Waals surface area contributed by atoms with E-state index in [0.29, 0.717) is 17.2 Å². The molecular weight excluding hydrogens is 168 g/mol. The van der Waals surface area contributed by atoms with Gasteiger partial charge in [-0.1, -0.05) is 6.42 Å². The van der Waals surface area contributed by atoms with Crippen LogP contribution < -0.4 is 0 Å². The van der Waals surface area contributed by atoms with Crippen molar-refractivity contribution >= 4 is 5.97 Å². The minimum Gasteiger partial charge on any atom is -0.478 e. The summed E-state index contributed by atoms with van der Waals surface area (Å²) in [5.41, 5.74) is 1.79. The number of carboxylic acid groups (broad SMARTS) is 1. The van der Waals surface area contributed by atoms with Crippen LogP contribution in [-0.2, 0) is 0 Å². The molecule has 1 aromatic rings. The Hall–Kier alpha value is -1.32. The molecule has 1 saturated carbocycles. The van der Waals surface area contributed by atoms with Gasteiger partial charge in [0.25, 0.3) is 0 Å². The Morgan fingerprint density at radius 3 is 2.77 bits per heavy atom. The molecule has 4 heteroatoms. The minimum absolute atomic E-state index is 0.371. The van der Waals surface area contributed by atoms with Gasteiger partial charge in [0.05, 0.1) is 5.69 Å². The number of aromatic carboxylic acids is 1. The molecule has 70 valence electrons. The Kier molecular flexibility index (Phi) is 1.83. The lowest BCUT2D eigenvalue weighted by atomic mass is 9.81. The maximum absolute atomic E-state index is 10.9. The SMILES string of the molecule is Cc1[nH]nc(C2CCC2)c1C(=O)O. The van der Waals surface area contributed by atoms with Crippen LogP contribution in [0.4, 0.5) is 0 Å². The second-order valence-electron chi connectivity index (χ2n) is 3.54. The molecule has 0 radical (unpaired) electrons. The molecule has 1 aromatic heterocycles. The molecular formula is C9H12N2O2. The number of carboxylic acids is 1. The van der Waals surface area contributed by atoms with Gasteiger partial charge in [-0.2, -0.15) is 5.10 Å². The van der Waals surface area contributed by atoms with E-state index in [9.17, 15) is 4.79 Å². The first-order valence-corrected chi connectivity index (χ1v) is 4.48. The zero-order valence-corrected chi connectivity index (χ0v) is 7.50. The lowest BCUT2D eigenvalue weighted by Gasteiger charge is -2.23. The van der Waals surface area contributed by atoms with Crippen LogP contribution in [0.1, 0.15) is 46.9 Å². The van der Waals surface area contributed by atoms with E-state index in [-0.39, 0.29) is 0 Å². The van der Waals surface area contributed by atoms with Crippen LogP contribution in [0, 0.1) is 6.92 Å². The Bertz CT molecular complexity index is 339. The van der Waals surface area contributed by atoms with Gasteiger partial charge in [-0.15, -0.1) is 0 Å². The van der Waals surface area contributed by atoms with Crippen molar-refractivity contribution in [2.75, 3.05) is 0 Å². The molecule has 1 heterocycles. The Morgan fingerprint density at radius 2 is 2.31 bits per heavy atom. The first-order valence-electron chi connectivity index (χ1n) is 4.48. The molecule has 4 nitrogen and oxygen atoms in total. The van der Waals surface area contributed by atoms with Crippen LogP contribution in [0.15, 0.2) is 0 Å². The molecule has 1 aliphatic rings. The molecule has 0 amide bonds. The maximum atomic E-state index is 10.9. The fourth-order valence-corrected chi connectivity index (χ4v) is 1.70. The van der Waals surface area contributed by atoms with Gasteiger partial charge >= 0.3 is 5.97 Å². The molecule has 13 heavy (non-hydrogen) atoms. The van der Waals surface area contributed by atoms with Gasteiger partial charge in [0, 0.05) is 11.6 Å². The van der Waals surface area contributed by atoms with Gasteiger partial charge in [0.15, 0.2) is 0 Å². The van der Waals surface area contributed by atoms with Crippen LogP contribution >= 0.6 is 0 Å². The van der Waals surface area contributed by atoms with Gasteiger partial charge in [-0.05, 0) is 19.8 Å². The molecule has 0 aromatic carbocycles. The molecule has 0 spiro atoms. The van der Waals surface area contributed by atoms with E-state index in [1.165, 1.54) is 6.42 Å². The standard InChI is InChI=1S/C9H12N2O2/c1-5-7(9(12)13)8(11-10-5)6-3-2-4-6/h6H,2-4H2,1H3,(H,10,11)(H,12,13). The van der Waals surface area contributed by atoms with Crippen molar-refractivity contribution in [2.45, 2.75) is 32.1 Å². The second-order valence-corrected chi connectivity index (χ2v) is 3.54. The van der Waals surface area contributed by atoms with E-state index in [4.69, 9.17) is 5.11 Å². The average Bonchev–Trinajstić information content (AvgIpc) is 2.28. The van der Waals surface area contributed by atoms with E-state index < -0.39 is 5.97 Å². The predicted molar refractivity (Wildman–Crippen MR) is 46.9 cm³/mol. The van der Waals surface area contributed by atoms with Gasteiger partial charge in [0.2, 0.25) is 0 Å². The molecule has 2 rings (SSSR count). The van der Waals surface area contributed by atoms with Crippen molar-refractivity contribution in [3.05, 3.63) is 17.0 Å². The Morgan fingerprint density at radius 1 is 1.62 bits per heavy atom. The molecule has 0 saturated heterocycles. The first kappa shape index (κ1) is 8.29. The molecule has 0 unspecified atom stereocenters. The first-order chi connectivity index (χ1) is 6.20. The number of nitrogens with zero attached hydrogens (tertiary/aromatic N) is 1. The number of nitrogens with one attached hydrogen (secondary N) is 1. The minimum atomic E-state index is -0.867. The summed E-state index contributed by atoms with van der Waals surface area (Å²) in [5.74, 6) is -0.496. The van der Waals surface area contributed by atoms with Crippen molar-refractivity contribution in [2.24, 2.45) is 0 Å². The molecule has 1 aliphatic carbocycles. The Labute approximate surface area is 76.0 Å². The zero-order valence-electron chi connectivity index (χ0n) is 7.50. The van der Waals surface area contributed by atoms with Crippen molar-refractivity contribution in [1.82, 2.24) is 10.2 Å². The number of H-pyrrole nitrogens is 1. The summed E-state index contributed by atoms with van der Waals surface area (Å²) >= 11 is 0. The fraction of sp³-hybridized carbons (Fsp3) is 0.556. The third-order valence-electron chi connectivity index (χ3n) is 2.68. The molecule has 2 N–H and O–H groups in total. The number of carbonyl (C=O) groups is 1. The van der Waals surface area contributed by atoms with Crippen LogP contribution in [0.25, 0.3) is 0 Å². The van der Waals surface area contributed by atoms with Crippen LogP contribution in [0.5, 0.6) is 0 Å². The zero-order chi connectivity index (χ0) is 9.42. The molecule has 0 aliphatic heterocycles. The monoisotopic (exact) mass is 180 g/mol. The average molecular weight is 180 g/mol. The quantitative estimate of drug-likeness (QED) is 0.727. The molecule has 0 atom stereocenters. The normalized spacial score (nSPS) is 17.0. The summed E-state index contributed by atoms with van der Waals surface area (Å²) in [6.45, 7) is 1.75. The topological polar surface area (TPSA) is 66.0 Å². The number of rotatable bonds is 2. The maximum Gasteiger partial charge on any atom is 0.339 e. The summed E-state index contributed by atoms with van der Waals surface area (Å²) in [6, 6.07) is 0. The van der Waals surface area contributed by atoms with Crippen molar-refractivity contribution in [3.63, 3.8) is 0 Å². The lowest BCUT2D eigenvalue weighted by molar-refractivity contribution is 0.0693. The fourth-order valence-electron chi connectivity index (χ4n) is 1.70. The van der Waals surface area contributed by atoms with Crippen LogP contribution in [0.3, 0.4) is 0 Å². The number of aromatic nitrogens is 2. The largest absolute Gasteiger partial charge is 0.478 e. The number of aryl methyl sites for hydroxylation is 1. The van der Waals surface area contributed by atoms with Crippen molar-refractivity contribution in [1.29, 1.82) is 0 Å². The number of hydrogen-bond acceptors (Lipinski definition) is 2. The summed E-state index contributed by atoms with van der Waals surface area (Å²) in [4.78, 5) is 10.9. The van der Waals surface area contributed by atoms with Crippen molar-refractivity contribution < 1.29 is 9.90 Å². The summed E-state index contributed by atoms with van der Waals surface area (Å²) in [7, 11) is 0. The number of aromatic amines is 1. The highest BCUT2D eigenvalue weighted by molar-refractivity contribution is 5.90. The third-order valence-corrected chi connectivity index (χ3v) is 2.68. The van der Waals surface area contributed by atoms with E-state index >= 15 is 0 Å². The van der Waals surface area contributed by atoms with E-state index in [1.807, 2.05) is 0 Å². The van der Waals surface area contributed by atoms with Crippen LogP contribution in [0.2, 0.25) is 0 Å². The highest BCUT2D eigenvalue weighted by Gasteiger charge is 2.28. The Balaban J connectivity index is 2.38. The molecule has 0 bridgehead atoms. The summed E-state index contributed by atoms with van der Waals surface area (Å²) in [6.07, 6.45) is 3.34.